The number of nitrogens with two attached hydrogens (primary N) is 1. The third-order valence-electron chi connectivity index (χ3n) is 2.98. The Balaban J connectivity index is 2.02. The van der Waals surface area contributed by atoms with Crippen LogP contribution < -0.4 is 10.5 Å². The molecule has 20 heavy (non-hydrogen) atoms. The zero-order chi connectivity index (χ0) is 14.7. The number of nitrogens with zero attached hydrogens (tertiary/aromatic N) is 1. The van der Waals surface area contributed by atoms with Gasteiger partial charge in [-0.1, -0.05) is 17.7 Å². The van der Waals surface area contributed by atoms with Crippen LogP contribution in [0.4, 0.5) is 0 Å². The average Bonchev–Trinajstić information content (AvgIpc) is 2.67. The van der Waals surface area contributed by atoms with E-state index in [4.69, 9.17) is 22.1 Å². The van der Waals surface area contributed by atoms with Gasteiger partial charge in [0.25, 0.3) is 0 Å². The summed E-state index contributed by atoms with van der Waals surface area (Å²) in [4.78, 5) is 5.67. The number of hydrogen-bond donors (Lipinski definition) is 1. The lowest BCUT2D eigenvalue weighted by Gasteiger charge is -2.09. The van der Waals surface area contributed by atoms with Crippen LogP contribution in [0.2, 0.25) is 5.02 Å². The van der Waals surface area contributed by atoms with Gasteiger partial charge < -0.3 is 10.5 Å². The van der Waals surface area contributed by atoms with E-state index >= 15 is 0 Å². The van der Waals surface area contributed by atoms with Crippen molar-refractivity contribution in [3.8, 4) is 5.75 Å². The lowest BCUT2D eigenvalue weighted by atomic mass is 10.1. The van der Waals surface area contributed by atoms with Crippen LogP contribution in [0.3, 0.4) is 0 Å². The normalized spacial score (nSPS) is 12.4. The summed E-state index contributed by atoms with van der Waals surface area (Å²) in [5.74, 6) is 0.686. The predicted octanol–water partition coefficient (Wildman–Crippen LogP) is 3.88. The lowest BCUT2D eigenvalue weighted by Crippen LogP contribution is -2.17. The van der Waals surface area contributed by atoms with E-state index in [1.54, 1.807) is 11.3 Å². The van der Waals surface area contributed by atoms with Gasteiger partial charge in [0.2, 0.25) is 0 Å². The Morgan fingerprint density at radius 2 is 2.15 bits per heavy atom. The molecule has 0 aliphatic carbocycles. The first-order valence-electron chi connectivity index (χ1n) is 6.55. The maximum atomic E-state index is 6.23. The number of aromatic nitrogens is 1. The molecular formula is C15H19ClN2OS. The molecule has 0 amide bonds. The first kappa shape index (κ1) is 15.3. The van der Waals surface area contributed by atoms with Crippen LogP contribution in [-0.4, -0.2) is 11.0 Å². The average molecular weight is 311 g/mol. The quantitative estimate of drug-likeness (QED) is 0.911. The number of rotatable bonds is 5. The SMILES string of the molecule is Cc1nc(COc2ccc(CC(C)N)cc2Cl)sc1C. The van der Waals surface area contributed by atoms with Crippen LogP contribution in [0.1, 0.15) is 28.1 Å². The number of hydrogen-bond acceptors (Lipinski definition) is 4. The van der Waals surface area contributed by atoms with Crippen molar-refractivity contribution < 1.29 is 4.74 Å². The van der Waals surface area contributed by atoms with E-state index in [0.717, 1.165) is 22.7 Å². The molecule has 2 N–H and O–H groups in total. The highest BCUT2D eigenvalue weighted by atomic mass is 35.5. The maximum Gasteiger partial charge on any atom is 0.140 e. The molecule has 0 saturated heterocycles. The molecule has 0 aliphatic heterocycles. The molecule has 1 heterocycles. The van der Waals surface area contributed by atoms with Crippen molar-refractivity contribution in [3.05, 3.63) is 44.4 Å². The first-order valence-corrected chi connectivity index (χ1v) is 7.75. The molecule has 3 nitrogen and oxygen atoms in total. The van der Waals surface area contributed by atoms with Gasteiger partial charge in [-0.2, -0.15) is 0 Å². The summed E-state index contributed by atoms with van der Waals surface area (Å²) in [5, 5.41) is 1.59. The van der Waals surface area contributed by atoms with Crippen LogP contribution >= 0.6 is 22.9 Å². The lowest BCUT2D eigenvalue weighted by molar-refractivity contribution is 0.305. The highest BCUT2D eigenvalue weighted by Crippen LogP contribution is 2.27. The Morgan fingerprint density at radius 1 is 1.40 bits per heavy atom. The highest BCUT2D eigenvalue weighted by Gasteiger charge is 2.08. The zero-order valence-electron chi connectivity index (χ0n) is 11.9. The molecule has 5 heteroatoms. The monoisotopic (exact) mass is 310 g/mol. The third-order valence-corrected chi connectivity index (χ3v) is 4.32. The van der Waals surface area contributed by atoms with Crippen LogP contribution in [0.15, 0.2) is 18.2 Å². The minimum absolute atomic E-state index is 0.124. The number of aryl methyl sites for hydroxylation is 2. The third kappa shape index (κ3) is 3.95. The Kier molecular flexibility index (Phi) is 5.02. The molecule has 0 radical (unpaired) electrons. The Labute approximate surface area is 128 Å². The van der Waals surface area contributed by atoms with Gasteiger partial charge in [-0.15, -0.1) is 11.3 Å². The summed E-state index contributed by atoms with van der Waals surface area (Å²) in [5.41, 5.74) is 7.97. The van der Waals surface area contributed by atoms with Crippen molar-refractivity contribution in [2.75, 3.05) is 0 Å². The van der Waals surface area contributed by atoms with Crippen LogP contribution in [-0.2, 0) is 13.0 Å². The van der Waals surface area contributed by atoms with E-state index in [1.807, 2.05) is 32.0 Å². The largest absolute Gasteiger partial charge is 0.485 e. The molecule has 0 bridgehead atoms. The number of ether oxygens (including phenoxy) is 1. The second-order valence-electron chi connectivity index (χ2n) is 4.98. The van der Waals surface area contributed by atoms with Gasteiger partial charge in [-0.25, -0.2) is 4.98 Å². The summed E-state index contributed by atoms with van der Waals surface area (Å²) in [7, 11) is 0. The van der Waals surface area contributed by atoms with E-state index < -0.39 is 0 Å². The fourth-order valence-electron chi connectivity index (χ4n) is 1.90. The molecule has 1 aromatic heterocycles. The first-order chi connectivity index (χ1) is 9.45. The van der Waals surface area contributed by atoms with Crippen LogP contribution in [0, 0.1) is 13.8 Å². The molecule has 1 unspecified atom stereocenters. The predicted molar refractivity (Wildman–Crippen MR) is 84.7 cm³/mol. The van der Waals surface area contributed by atoms with Crippen molar-refractivity contribution in [2.24, 2.45) is 5.73 Å². The smallest absolute Gasteiger partial charge is 0.140 e. The van der Waals surface area contributed by atoms with Gasteiger partial charge in [0.05, 0.1) is 10.7 Å². The fourth-order valence-corrected chi connectivity index (χ4v) is 3.01. The second-order valence-corrected chi connectivity index (χ2v) is 6.68. The van der Waals surface area contributed by atoms with Crippen molar-refractivity contribution in [1.29, 1.82) is 0 Å². The molecule has 0 spiro atoms. The van der Waals surface area contributed by atoms with Gasteiger partial charge in [0, 0.05) is 10.9 Å². The topological polar surface area (TPSA) is 48.1 Å². The summed E-state index contributed by atoms with van der Waals surface area (Å²) >= 11 is 7.89. The Bertz CT molecular complexity index is 576. The maximum absolute atomic E-state index is 6.23. The standard InChI is InChI=1S/C15H19ClN2OS/c1-9(17)6-12-4-5-14(13(16)7-12)19-8-15-18-10(2)11(3)20-15/h4-5,7,9H,6,8,17H2,1-3H3. The number of benzene rings is 1. The minimum atomic E-state index is 0.124. The van der Waals surface area contributed by atoms with E-state index in [-0.39, 0.29) is 6.04 Å². The summed E-state index contributed by atoms with van der Waals surface area (Å²) in [6.07, 6.45) is 0.810. The summed E-state index contributed by atoms with van der Waals surface area (Å²) < 4.78 is 5.74. The molecule has 1 aromatic carbocycles. The van der Waals surface area contributed by atoms with E-state index in [0.29, 0.717) is 17.4 Å². The highest BCUT2D eigenvalue weighted by molar-refractivity contribution is 7.11. The van der Waals surface area contributed by atoms with Gasteiger partial charge >= 0.3 is 0 Å². The molecule has 1 atom stereocenters. The number of halogens is 1. The van der Waals surface area contributed by atoms with Crippen LogP contribution in [0.5, 0.6) is 5.75 Å². The van der Waals surface area contributed by atoms with Crippen molar-refractivity contribution >= 4 is 22.9 Å². The minimum Gasteiger partial charge on any atom is -0.485 e. The molecule has 108 valence electrons. The molecule has 0 fully saturated rings. The molecule has 0 aliphatic rings. The van der Waals surface area contributed by atoms with E-state index in [9.17, 15) is 0 Å². The van der Waals surface area contributed by atoms with Crippen molar-refractivity contribution in [2.45, 2.75) is 39.8 Å². The molecule has 2 aromatic rings. The van der Waals surface area contributed by atoms with Gasteiger partial charge in [-0.05, 0) is 44.9 Å². The fraction of sp³-hybridized carbons (Fsp3) is 0.400. The molecular weight excluding hydrogens is 292 g/mol. The van der Waals surface area contributed by atoms with Crippen LogP contribution in [0.25, 0.3) is 0 Å². The number of thiazole rings is 1. The zero-order valence-corrected chi connectivity index (χ0v) is 13.5. The van der Waals surface area contributed by atoms with E-state index in [1.165, 1.54) is 4.88 Å². The Morgan fingerprint density at radius 3 is 2.70 bits per heavy atom. The van der Waals surface area contributed by atoms with Crippen molar-refractivity contribution in [3.63, 3.8) is 0 Å². The second kappa shape index (κ2) is 6.57. The Hall–Kier alpha value is -1.10. The molecule has 2 rings (SSSR count). The molecule has 0 saturated carbocycles. The van der Waals surface area contributed by atoms with Gasteiger partial charge in [0.15, 0.2) is 0 Å². The summed E-state index contributed by atoms with van der Waals surface area (Å²) in [6.45, 7) is 6.49. The van der Waals surface area contributed by atoms with Crippen molar-refractivity contribution in [1.82, 2.24) is 4.98 Å². The van der Waals surface area contributed by atoms with Gasteiger partial charge in [0.1, 0.15) is 17.4 Å². The van der Waals surface area contributed by atoms with E-state index in [2.05, 4.69) is 11.9 Å². The van der Waals surface area contributed by atoms with Gasteiger partial charge in [-0.3, -0.25) is 0 Å². The summed E-state index contributed by atoms with van der Waals surface area (Å²) in [6, 6.07) is 5.94.